The Kier molecular flexibility index (Phi) is 4.73. The molecule has 1 N–H and O–H groups in total. The Hall–Kier alpha value is -2.11. The number of aryl methyl sites for hydroxylation is 3. The third kappa shape index (κ3) is 3.37. The van der Waals surface area contributed by atoms with Crippen LogP contribution in [0.4, 0.5) is 0 Å². The number of carbonyl (C=O) groups excluding carboxylic acids is 1. The summed E-state index contributed by atoms with van der Waals surface area (Å²) in [5, 5.41) is 4.46. The minimum absolute atomic E-state index is 0.142. The highest BCUT2D eigenvalue weighted by molar-refractivity contribution is 7.15. The summed E-state index contributed by atoms with van der Waals surface area (Å²) in [6.07, 6.45) is 0. The molecule has 24 heavy (non-hydrogen) atoms. The number of nitrogens with zero attached hydrogens (tertiary/aromatic N) is 1. The second-order valence-electron chi connectivity index (χ2n) is 5.52. The first-order valence-corrected chi connectivity index (χ1v) is 8.71. The van der Waals surface area contributed by atoms with Crippen LogP contribution in [0.2, 0.25) is 5.02 Å². The van der Waals surface area contributed by atoms with Crippen LogP contribution < -0.4 is 5.32 Å². The molecule has 0 saturated carbocycles. The lowest BCUT2D eigenvalue weighted by molar-refractivity contribution is 0.0949. The van der Waals surface area contributed by atoms with Gasteiger partial charge in [-0.3, -0.25) is 4.79 Å². The average Bonchev–Trinajstić information content (AvgIpc) is 3.07. The van der Waals surface area contributed by atoms with E-state index in [4.69, 9.17) is 16.0 Å². The topological polar surface area (TPSA) is 55.1 Å². The number of amides is 1. The first-order valence-electron chi connectivity index (χ1n) is 7.52. The quantitative estimate of drug-likeness (QED) is 0.719. The molecule has 0 saturated heterocycles. The lowest BCUT2D eigenvalue weighted by Gasteiger charge is -2.02. The zero-order chi connectivity index (χ0) is 17.3. The molecule has 0 bridgehead atoms. The summed E-state index contributed by atoms with van der Waals surface area (Å²) in [5.41, 5.74) is 2.38. The van der Waals surface area contributed by atoms with Crippen molar-refractivity contribution in [3.63, 3.8) is 0 Å². The van der Waals surface area contributed by atoms with Gasteiger partial charge < -0.3 is 9.73 Å². The molecule has 0 fully saturated rings. The van der Waals surface area contributed by atoms with E-state index in [0.717, 1.165) is 26.9 Å². The number of carbonyl (C=O) groups is 1. The highest BCUT2D eigenvalue weighted by Crippen LogP contribution is 2.32. The molecule has 0 aliphatic heterocycles. The summed E-state index contributed by atoms with van der Waals surface area (Å²) in [4.78, 5) is 17.9. The van der Waals surface area contributed by atoms with E-state index in [-0.39, 0.29) is 5.91 Å². The van der Waals surface area contributed by atoms with Crippen molar-refractivity contribution in [1.29, 1.82) is 0 Å². The van der Waals surface area contributed by atoms with E-state index in [1.165, 1.54) is 11.3 Å². The van der Waals surface area contributed by atoms with Crippen LogP contribution in [0.1, 0.15) is 32.4 Å². The van der Waals surface area contributed by atoms with Gasteiger partial charge in [0, 0.05) is 10.4 Å². The molecule has 4 nitrogen and oxygen atoms in total. The molecular weight excluding hydrogens is 344 g/mol. The third-order valence-electron chi connectivity index (χ3n) is 3.69. The summed E-state index contributed by atoms with van der Waals surface area (Å²) in [6.45, 7) is 5.98. The molecule has 0 atom stereocenters. The van der Waals surface area contributed by atoms with Gasteiger partial charge in [0.1, 0.15) is 16.5 Å². The van der Waals surface area contributed by atoms with Gasteiger partial charge in [0.2, 0.25) is 0 Å². The molecule has 3 aromatic rings. The normalized spacial score (nSPS) is 10.8. The van der Waals surface area contributed by atoms with E-state index < -0.39 is 0 Å². The fourth-order valence-corrected chi connectivity index (χ4v) is 3.78. The molecule has 0 aliphatic carbocycles. The van der Waals surface area contributed by atoms with Gasteiger partial charge >= 0.3 is 0 Å². The number of furan rings is 1. The van der Waals surface area contributed by atoms with Crippen LogP contribution in [-0.2, 0) is 6.54 Å². The number of thiazole rings is 1. The van der Waals surface area contributed by atoms with Gasteiger partial charge in [0.05, 0.1) is 22.8 Å². The van der Waals surface area contributed by atoms with E-state index in [1.54, 1.807) is 13.0 Å². The van der Waals surface area contributed by atoms with Crippen LogP contribution in [-0.4, -0.2) is 10.9 Å². The van der Waals surface area contributed by atoms with Gasteiger partial charge in [0.25, 0.3) is 5.91 Å². The molecular formula is C18H17ClN2O2S. The average molecular weight is 361 g/mol. The number of nitrogens with one attached hydrogen (secondary N) is 1. The predicted molar refractivity (Wildman–Crippen MR) is 96.6 cm³/mol. The maximum absolute atomic E-state index is 12.3. The first kappa shape index (κ1) is 16.7. The molecule has 6 heteroatoms. The molecule has 3 rings (SSSR count). The molecule has 1 amide bonds. The Morgan fingerprint density at radius 2 is 2.04 bits per heavy atom. The fraction of sp³-hybridized carbons (Fsp3) is 0.222. The smallest absolute Gasteiger partial charge is 0.255 e. The minimum atomic E-state index is -0.142. The van der Waals surface area contributed by atoms with E-state index in [0.29, 0.717) is 22.9 Å². The number of halogens is 1. The molecule has 1 aromatic carbocycles. The van der Waals surface area contributed by atoms with Crippen molar-refractivity contribution in [2.24, 2.45) is 0 Å². The van der Waals surface area contributed by atoms with Crippen LogP contribution in [0.3, 0.4) is 0 Å². The summed E-state index contributed by atoms with van der Waals surface area (Å²) in [6, 6.07) is 9.37. The van der Waals surface area contributed by atoms with Crippen LogP contribution in [0.15, 0.2) is 34.7 Å². The van der Waals surface area contributed by atoms with Crippen molar-refractivity contribution in [2.75, 3.05) is 0 Å². The van der Waals surface area contributed by atoms with Gasteiger partial charge in [-0.2, -0.15) is 0 Å². The largest absolute Gasteiger partial charge is 0.466 e. The summed E-state index contributed by atoms with van der Waals surface area (Å²) in [7, 11) is 0. The molecule has 2 heterocycles. The maximum Gasteiger partial charge on any atom is 0.255 e. The molecule has 0 unspecified atom stereocenters. The second kappa shape index (κ2) is 6.79. The van der Waals surface area contributed by atoms with Crippen LogP contribution in [0.25, 0.3) is 10.6 Å². The Bertz CT molecular complexity index is 898. The van der Waals surface area contributed by atoms with Crippen molar-refractivity contribution >= 4 is 28.8 Å². The highest BCUT2D eigenvalue weighted by Gasteiger charge is 2.16. The van der Waals surface area contributed by atoms with Gasteiger partial charge in [-0.1, -0.05) is 29.8 Å². The van der Waals surface area contributed by atoms with Crippen molar-refractivity contribution in [2.45, 2.75) is 27.3 Å². The Morgan fingerprint density at radius 3 is 2.71 bits per heavy atom. The molecule has 124 valence electrons. The molecule has 2 aromatic heterocycles. The Labute approximate surface area is 149 Å². The number of rotatable bonds is 4. The van der Waals surface area contributed by atoms with Gasteiger partial charge in [0.15, 0.2) is 0 Å². The van der Waals surface area contributed by atoms with Crippen molar-refractivity contribution in [3.05, 3.63) is 63.0 Å². The summed E-state index contributed by atoms with van der Waals surface area (Å²) >= 11 is 7.77. The SMILES string of the molecule is Cc1cc(C(=O)NCc2sc(-c3ccccc3Cl)nc2C)c(C)o1. The number of hydrogen-bond acceptors (Lipinski definition) is 4. The number of benzene rings is 1. The number of hydrogen-bond donors (Lipinski definition) is 1. The van der Waals surface area contributed by atoms with E-state index in [9.17, 15) is 4.79 Å². The summed E-state index contributed by atoms with van der Waals surface area (Å²) < 4.78 is 5.40. The van der Waals surface area contributed by atoms with E-state index in [2.05, 4.69) is 10.3 Å². The van der Waals surface area contributed by atoms with Crippen LogP contribution in [0, 0.1) is 20.8 Å². The number of aromatic nitrogens is 1. The first-order chi connectivity index (χ1) is 11.5. The molecule has 0 radical (unpaired) electrons. The standard InChI is InChI=1S/C18H17ClN2O2S/c1-10-8-14(12(3)23-10)17(22)20-9-16-11(2)21-18(24-16)13-6-4-5-7-15(13)19/h4-8H,9H2,1-3H3,(H,20,22). The van der Waals surface area contributed by atoms with Crippen molar-refractivity contribution in [1.82, 2.24) is 10.3 Å². The third-order valence-corrected chi connectivity index (χ3v) is 5.21. The highest BCUT2D eigenvalue weighted by atomic mass is 35.5. The molecule has 0 aliphatic rings. The van der Waals surface area contributed by atoms with Crippen LogP contribution in [0.5, 0.6) is 0 Å². The van der Waals surface area contributed by atoms with Gasteiger partial charge in [-0.15, -0.1) is 11.3 Å². The van der Waals surface area contributed by atoms with Crippen molar-refractivity contribution < 1.29 is 9.21 Å². The Morgan fingerprint density at radius 1 is 1.29 bits per heavy atom. The van der Waals surface area contributed by atoms with Crippen molar-refractivity contribution in [3.8, 4) is 10.6 Å². The predicted octanol–water partition coefficient (Wildman–Crippen LogP) is 4.91. The zero-order valence-corrected chi connectivity index (χ0v) is 15.2. The Balaban J connectivity index is 1.76. The van der Waals surface area contributed by atoms with E-state index in [1.807, 2.05) is 38.1 Å². The lowest BCUT2D eigenvalue weighted by Crippen LogP contribution is -2.22. The second-order valence-corrected chi connectivity index (χ2v) is 7.01. The fourth-order valence-electron chi connectivity index (χ4n) is 2.45. The van der Waals surface area contributed by atoms with Gasteiger partial charge in [-0.25, -0.2) is 4.98 Å². The maximum atomic E-state index is 12.3. The van der Waals surface area contributed by atoms with Crippen LogP contribution >= 0.6 is 22.9 Å². The lowest BCUT2D eigenvalue weighted by atomic mass is 10.2. The zero-order valence-electron chi connectivity index (χ0n) is 13.6. The molecule has 0 spiro atoms. The monoisotopic (exact) mass is 360 g/mol. The minimum Gasteiger partial charge on any atom is -0.466 e. The van der Waals surface area contributed by atoms with E-state index >= 15 is 0 Å². The van der Waals surface area contributed by atoms with Gasteiger partial charge in [-0.05, 0) is 32.9 Å². The summed E-state index contributed by atoms with van der Waals surface area (Å²) in [5.74, 6) is 1.21.